The maximum Gasteiger partial charge on any atom is 0.0598 e. The van der Waals surface area contributed by atoms with Crippen molar-refractivity contribution in [3.05, 3.63) is 0 Å². The van der Waals surface area contributed by atoms with E-state index in [4.69, 9.17) is 9.47 Å². The van der Waals surface area contributed by atoms with E-state index in [1.807, 2.05) is 0 Å². The molecule has 1 rings (SSSR count). The van der Waals surface area contributed by atoms with Crippen LogP contribution in [0.25, 0.3) is 0 Å². The van der Waals surface area contributed by atoms with Gasteiger partial charge in [-0.1, -0.05) is 6.92 Å². The molecule has 0 heterocycles. The molecule has 0 aliphatic heterocycles. The fourth-order valence-corrected chi connectivity index (χ4v) is 1.88. The monoisotopic (exact) mass is 158 g/mol. The molecule has 1 fully saturated rings. The summed E-state index contributed by atoms with van der Waals surface area (Å²) in [6.07, 6.45) is 4.38. The van der Waals surface area contributed by atoms with E-state index in [0.717, 1.165) is 19.3 Å². The van der Waals surface area contributed by atoms with Gasteiger partial charge in [-0.2, -0.15) is 0 Å². The standard InChI is InChI=1S/C9H18O2/c1-7-6-8(10-2)4-5-9(7)11-3/h7-9H,4-6H2,1-3H3/t7-,8+,9+/m1/s1. The Balaban J connectivity index is 2.34. The zero-order valence-corrected chi connectivity index (χ0v) is 7.67. The van der Waals surface area contributed by atoms with Crippen LogP contribution in [0.4, 0.5) is 0 Å². The van der Waals surface area contributed by atoms with Crippen molar-refractivity contribution in [2.75, 3.05) is 14.2 Å². The van der Waals surface area contributed by atoms with Crippen LogP contribution < -0.4 is 0 Å². The van der Waals surface area contributed by atoms with Crippen molar-refractivity contribution in [1.29, 1.82) is 0 Å². The second-order valence-electron chi connectivity index (χ2n) is 3.42. The van der Waals surface area contributed by atoms with Gasteiger partial charge in [0, 0.05) is 14.2 Å². The highest BCUT2D eigenvalue weighted by molar-refractivity contribution is 4.78. The zero-order chi connectivity index (χ0) is 8.27. The summed E-state index contributed by atoms with van der Waals surface area (Å²) in [6, 6.07) is 0. The normalized spacial score (nSPS) is 39.0. The van der Waals surface area contributed by atoms with Gasteiger partial charge in [0.15, 0.2) is 0 Å². The van der Waals surface area contributed by atoms with E-state index >= 15 is 0 Å². The molecule has 11 heavy (non-hydrogen) atoms. The van der Waals surface area contributed by atoms with Gasteiger partial charge in [-0.25, -0.2) is 0 Å². The SMILES string of the molecule is CO[C@H]1CC[C@H](OC)[C@H](C)C1. The summed E-state index contributed by atoms with van der Waals surface area (Å²) in [5.41, 5.74) is 0. The molecular weight excluding hydrogens is 140 g/mol. The third-order valence-electron chi connectivity index (χ3n) is 2.68. The lowest BCUT2D eigenvalue weighted by molar-refractivity contribution is -0.0282. The summed E-state index contributed by atoms with van der Waals surface area (Å²) < 4.78 is 10.6. The summed E-state index contributed by atoms with van der Waals surface area (Å²) in [4.78, 5) is 0. The van der Waals surface area contributed by atoms with Crippen LogP contribution in [0.15, 0.2) is 0 Å². The van der Waals surface area contributed by atoms with E-state index in [-0.39, 0.29) is 0 Å². The highest BCUT2D eigenvalue weighted by atomic mass is 16.5. The van der Waals surface area contributed by atoms with Crippen molar-refractivity contribution in [3.63, 3.8) is 0 Å². The molecule has 2 nitrogen and oxygen atoms in total. The average molecular weight is 158 g/mol. The molecule has 3 atom stereocenters. The maximum atomic E-state index is 5.34. The molecule has 0 aromatic rings. The van der Waals surface area contributed by atoms with E-state index in [2.05, 4.69) is 6.92 Å². The Bertz CT molecular complexity index is 114. The molecule has 0 N–H and O–H groups in total. The van der Waals surface area contributed by atoms with E-state index in [1.54, 1.807) is 14.2 Å². The van der Waals surface area contributed by atoms with E-state index in [1.165, 1.54) is 0 Å². The van der Waals surface area contributed by atoms with Gasteiger partial charge in [0.1, 0.15) is 0 Å². The molecule has 0 saturated heterocycles. The Labute approximate surface area is 68.9 Å². The Hall–Kier alpha value is -0.0800. The van der Waals surface area contributed by atoms with Crippen LogP contribution >= 0.6 is 0 Å². The van der Waals surface area contributed by atoms with Gasteiger partial charge in [0.2, 0.25) is 0 Å². The van der Waals surface area contributed by atoms with Crippen LogP contribution in [0.1, 0.15) is 26.2 Å². The second-order valence-corrected chi connectivity index (χ2v) is 3.42. The van der Waals surface area contributed by atoms with E-state index in [9.17, 15) is 0 Å². The van der Waals surface area contributed by atoms with Crippen molar-refractivity contribution >= 4 is 0 Å². The molecule has 0 amide bonds. The van der Waals surface area contributed by atoms with Crippen molar-refractivity contribution in [1.82, 2.24) is 0 Å². The number of methoxy groups -OCH3 is 2. The van der Waals surface area contributed by atoms with Crippen LogP contribution in [0, 0.1) is 5.92 Å². The molecule has 1 aliphatic carbocycles. The molecular formula is C9H18O2. The first-order valence-corrected chi connectivity index (χ1v) is 4.33. The van der Waals surface area contributed by atoms with Crippen molar-refractivity contribution in [3.8, 4) is 0 Å². The molecule has 0 bridgehead atoms. The fourth-order valence-electron chi connectivity index (χ4n) is 1.88. The zero-order valence-electron chi connectivity index (χ0n) is 7.67. The number of hydrogen-bond donors (Lipinski definition) is 0. The van der Waals surface area contributed by atoms with E-state index < -0.39 is 0 Å². The molecule has 0 aromatic carbocycles. The largest absolute Gasteiger partial charge is 0.381 e. The quantitative estimate of drug-likeness (QED) is 0.610. The van der Waals surface area contributed by atoms with Gasteiger partial charge < -0.3 is 9.47 Å². The highest BCUT2D eigenvalue weighted by Crippen LogP contribution is 2.27. The first kappa shape index (κ1) is 9.01. The Morgan fingerprint density at radius 3 is 2.27 bits per heavy atom. The van der Waals surface area contributed by atoms with Crippen molar-refractivity contribution in [2.45, 2.75) is 38.4 Å². The summed E-state index contributed by atoms with van der Waals surface area (Å²) in [5, 5.41) is 0. The van der Waals surface area contributed by atoms with Crippen LogP contribution in [-0.4, -0.2) is 26.4 Å². The van der Waals surface area contributed by atoms with Gasteiger partial charge in [-0.15, -0.1) is 0 Å². The highest BCUT2D eigenvalue weighted by Gasteiger charge is 2.26. The van der Waals surface area contributed by atoms with Crippen molar-refractivity contribution in [2.24, 2.45) is 5.92 Å². The summed E-state index contributed by atoms with van der Waals surface area (Å²) in [5.74, 6) is 0.652. The minimum Gasteiger partial charge on any atom is -0.381 e. The first-order valence-electron chi connectivity index (χ1n) is 4.33. The number of rotatable bonds is 2. The summed E-state index contributed by atoms with van der Waals surface area (Å²) in [7, 11) is 3.60. The molecule has 0 aromatic heterocycles. The van der Waals surface area contributed by atoms with Gasteiger partial charge in [0.25, 0.3) is 0 Å². The Kier molecular flexibility index (Phi) is 3.34. The van der Waals surface area contributed by atoms with Crippen LogP contribution in [0.5, 0.6) is 0 Å². The topological polar surface area (TPSA) is 18.5 Å². The van der Waals surface area contributed by atoms with Gasteiger partial charge >= 0.3 is 0 Å². The second kappa shape index (κ2) is 4.07. The van der Waals surface area contributed by atoms with E-state index in [0.29, 0.717) is 18.1 Å². The predicted octanol–water partition coefficient (Wildman–Crippen LogP) is 1.84. The molecule has 2 heteroatoms. The number of hydrogen-bond acceptors (Lipinski definition) is 2. The van der Waals surface area contributed by atoms with Crippen LogP contribution in [-0.2, 0) is 9.47 Å². The molecule has 1 saturated carbocycles. The fraction of sp³-hybridized carbons (Fsp3) is 1.00. The van der Waals surface area contributed by atoms with Gasteiger partial charge in [-0.3, -0.25) is 0 Å². The average Bonchev–Trinajstić information content (AvgIpc) is 2.04. The molecule has 1 aliphatic rings. The van der Waals surface area contributed by atoms with Gasteiger partial charge in [-0.05, 0) is 25.2 Å². The maximum absolute atomic E-state index is 5.34. The Morgan fingerprint density at radius 2 is 1.82 bits per heavy atom. The lowest BCUT2D eigenvalue weighted by Crippen LogP contribution is -2.32. The third kappa shape index (κ3) is 2.17. The van der Waals surface area contributed by atoms with Crippen molar-refractivity contribution < 1.29 is 9.47 Å². The third-order valence-corrected chi connectivity index (χ3v) is 2.68. The van der Waals surface area contributed by atoms with Gasteiger partial charge in [0.05, 0.1) is 12.2 Å². The molecule has 0 spiro atoms. The summed E-state index contributed by atoms with van der Waals surface area (Å²) >= 11 is 0. The van der Waals surface area contributed by atoms with Crippen LogP contribution in [0.2, 0.25) is 0 Å². The predicted molar refractivity (Wildman–Crippen MR) is 44.6 cm³/mol. The molecule has 66 valence electrons. The lowest BCUT2D eigenvalue weighted by atomic mass is 9.86. The minimum atomic E-state index is 0.460. The van der Waals surface area contributed by atoms with Crippen LogP contribution in [0.3, 0.4) is 0 Å². The summed E-state index contributed by atoms with van der Waals surface area (Å²) in [6.45, 7) is 2.24. The minimum absolute atomic E-state index is 0.460. The smallest absolute Gasteiger partial charge is 0.0598 e. The lowest BCUT2D eigenvalue weighted by Gasteiger charge is -2.32. The number of ether oxygens (including phenoxy) is 2. The molecule has 0 unspecified atom stereocenters. The first-order chi connectivity index (χ1) is 5.27. The molecule has 0 radical (unpaired) electrons. The Morgan fingerprint density at radius 1 is 1.09 bits per heavy atom.